The molecule has 1 atom stereocenters. The van der Waals surface area contributed by atoms with Crippen LogP contribution in [-0.2, 0) is 4.74 Å². The molecule has 11 nitrogen and oxygen atoms in total. The molecule has 0 saturated carbocycles. The molecule has 0 spiro atoms. The average Bonchev–Trinajstić information content (AvgIpc) is 2.99. The first-order valence-corrected chi connectivity index (χ1v) is 12.9. The van der Waals surface area contributed by atoms with Crippen LogP contribution in [0, 0.1) is 13.8 Å². The third-order valence-electron chi connectivity index (χ3n) is 6.97. The van der Waals surface area contributed by atoms with Crippen molar-refractivity contribution in [2.75, 3.05) is 31.1 Å². The number of aromatic nitrogens is 4. The second-order valence-electron chi connectivity index (χ2n) is 11.3. The minimum atomic E-state index is -0.612. The predicted octanol–water partition coefficient (Wildman–Crippen LogP) is 3.03. The zero-order valence-corrected chi connectivity index (χ0v) is 22.9. The van der Waals surface area contributed by atoms with Crippen molar-refractivity contribution in [1.29, 1.82) is 0 Å². The van der Waals surface area contributed by atoms with Gasteiger partial charge in [0.15, 0.2) is 0 Å². The quantitative estimate of drug-likeness (QED) is 0.545. The molecule has 1 amide bonds. The number of pyridine rings is 2. The van der Waals surface area contributed by atoms with E-state index in [0.717, 1.165) is 11.3 Å². The Labute approximate surface area is 220 Å². The Morgan fingerprint density at radius 2 is 1.95 bits per heavy atom. The number of nitrogens with one attached hydrogen (secondary N) is 1. The molecule has 1 saturated heterocycles. The summed E-state index contributed by atoms with van der Waals surface area (Å²) in [5.41, 5.74) is 1.41. The van der Waals surface area contributed by atoms with Gasteiger partial charge in [0.05, 0.1) is 23.0 Å². The molecule has 11 heteroatoms. The molecule has 0 aromatic carbocycles. The van der Waals surface area contributed by atoms with Gasteiger partial charge in [-0.2, -0.15) is 4.98 Å². The van der Waals surface area contributed by atoms with Gasteiger partial charge >= 0.3 is 11.8 Å². The molecule has 2 aliphatic heterocycles. The van der Waals surface area contributed by atoms with Crippen LogP contribution in [0.1, 0.15) is 57.4 Å². The van der Waals surface area contributed by atoms with Gasteiger partial charge in [-0.25, -0.2) is 14.2 Å². The lowest BCUT2D eigenvalue weighted by atomic mass is 10.0. The Morgan fingerprint density at radius 1 is 1.21 bits per heavy atom. The minimum Gasteiger partial charge on any atom is -0.490 e. The van der Waals surface area contributed by atoms with Crippen molar-refractivity contribution in [2.24, 2.45) is 0 Å². The van der Waals surface area contributed by atoms with E-state index in [0.29, 0.717) is 53.5 Å². The third-order valence-corrected chi connectivity index (χ3v) is 6.97. The van der Waals surface area contributed by atoms with Crippen LogP contribution < -0.4 is 20.9 Å². The highest BCUT2D eigenvalue weighted by molar-refractivity contribution is 5.95. The van der Waals surface area contributed by atoms with Crippen LogP contribution in [0.4, 0.5) is 10.6 Å². The largest absolute Gasteiger partial charge is 0.490 e. The predicted molar refractivity (Wildman–Crippen MR) is 144 cm³/mol. The SMILES string of the molecule is Cc1ccnc(C(C)C)c1-n1c(=O)nc2c3c(c(C)c(=O)[nH]c31)OC[C@H]1CN(C(=O)OC(C)(C)C)CCN21. The lowest BCUT2D eigenvalue weighted by Gasteiger charge is -2.41. The van der Waals surface area contributed by atoms with Crippen molar-refractivity contribution in [2.45, 2.75) is 66.0 Å². The summed E-state index contributed by atoms with van der Waals surface area (Å²) >= 11 is 0. The highest BCUT2D eigenvalue weighted by Gasteiger charge is 2.38. The topological polar surface area (TPSA) is 123 Å². The molecule has 2 aliphatic rings. The first-order valence-electron chi connectivity index (χ1n) is 12.9. The fourth-order valence-electron chi connectivity index (χ4n) is 5.16. The van der Waals surface area contributed by atoms with Gasteiger partial charge in [-0.05, 0) is 52.2 Å². The number of piperazine rings is 1. The summed E-state index contributed by atoms with van der Waals surface area (Å²) in [6.07, 6.45) is 1.32. The van der Waals surface area contributed by atoms with E-state index in [1.807, 2.05) is 52.5 Å². The van der Waals surface area contributed by atoms with Crippen LogP contribution in [0.2, 0.25) is 0 Å². The van der Waals surface area contributed by atoms with Crippen LogP contribution >= 0.6 is 0 Å². The number of aryl methyl sites for hydroxylation is 1. The number of rotatable bonds is 2. The van der Waals surface area contributed by atoms with E-state index in [1.165, 1.54) is 4.57 Å². The van der Waals surface area contributed by atoms with Crippen molar-refractivity contribution in [3.8, 4) is 11.4 Å². The Kier molecular flexibility index (Phi) is 6.19. The number of anilines is 1. The van der Waals surface area contributed by atoms with Gasteiger partial charge in [0, 0.05) is 25.8 Å². The van der Waals surface area contributed by atoms with Gasteiger partial charge in [0.25, 0.3) is 5.56 Å². The molecule has 3 aromatic rings. The number of hydrogen-bond acceptors (Lipinski definition) is 8. The zero-order valence-electron chi connectivity index (χ0n) is 22.9. The van der Waals surface area contributed by atoms with Gasteiger partial charge < -0.3 is 24.3 Å². The fraction of sp³-hybridized carbons (Fsp3) is 0.519. The molecule has 0 aliphatic carbocycles. The molecular formula is C27H34N6O5. The van der Waals surface area contributed by atoms with Crippen molar-refractivity contribution in [3.05, 3.63) is 49.9 Å². The summed E-state index contributed by atoms with van der Waals surface area (Å²) in [7, 11) is 0. The van der Waals surface area contributed by atoms with Crippen molar-refractivity contribution in [1.82, 2.24) is 24.4 Å². The van der Waals surface area contributed by atoms with E-state index in [9.17, 15) is 14.4 Å². The highest BCUT2D eigenvalue weighted by atomic mass is 16.6. The summed E-state index contributed by atoms with van der Waals surface area (Å²) in [5, 5.41) is 0.563. The maximum Gasteiger partial charge on any atom is 0.410 e. The first-order chi connectivity index (χ1) is 17.9. The van der Waals surface area contributed by atoms with Gasteiger partial charge in [0.1, 0.15) is 34.8 Å². The van der Waals surface area contributed by atoms with E-state index in [1.54, 1.807) is 18.0 Å². The number of amides is 1. The van der Waals surface area contributed by atoms with E-state index in [2.05, 4.69) is 15.0 Å². The van der Waals surface area contributed by atoms with E-state index >= 15 is 0 Å². The number of carbonyl (C=O) groups is 1. The van der Waals surface area contributed by atoms with E-state index < -0.39 is 17.4 Å². The molecule has 0 radical (unpaired) electrons. The zero-order chi connectivity index (χ0) is 27.5. The Bertz CT molecular complexity index is 1550. The monoisotopic (exact) mass is 522 g/mol. The molecular weight excluding hydrogens is 488 g/mol. The molecule has 0 unspecified atom stereocenters. The Balaban J connectivity index is 1.69. The lowest BCUT2D eigenvalue weighted by Crippen LogP contribution is -2.57. The van der Waals surface area contributed by atoms with Crippen LogP contribution in [-0.4, -0.2) is 68.4 Å². The first kappa shape index (κ1) is 25.7. The number of nitrogens with zero attached hydrogens (tertiary/aromatic N) is 5. The van der Waals surface area contributed by atoms with Gasteiger partial charge in [-0.15, -0.1) is 0 Å². The fourth-order valence-corrected chi connectivity index (χ4v) is 5.16. The summed E-state index contributed by atoms with van der Waals surface area (Å²) < 4.78 is 13.3. The van der Waals surface area contributed by atoms with Gasteiger partial charge in [-0.3, -0.25) is 9.78 Å². The Morgan fingerprint density at radius 3 is 2.63 bits per heavy atom. The number of carbonyl (C=O) groups excluding carboxylic acids is 1. The van der Waals surface area contributed by atoms with Crippen LogP contribution in [0.25, 0.3) is 16.7 Å². The Hall–Kier alpha value is -3.89. The maximum atomic E-state index is 13.7. The van der Waals surface area contributed by atoms with Crippen molar-refractivity contribution < 1.29 is 14.3 Å². The number of fused-ring (bicyclic) bond motifs is 2. The molecule has 1 N–H and O–H groups in total. The van der Waals surface area contributed by atoms with Crippen LogP contribution in [0.3, 0.4) is 0 Å². The van der Waals surface area contributed by atoms with E-state index in [4.69, 9.17) is 9.47 Å². The second kappa shape index (κ2) is 9.14. The molecule has 5 rings (SSSR count). The molecule has 5 heterocycles. The van der Waals surface area contributed by atoms with Crippen LogP contribution in [0.5, 0.6) is 5.75 Å². The second-order valence-corrected chi connectivity index (χ2v) is 11.3. The average molecular weight is 523 g/mol. The summed E-state index contributed by atoms with van der Waals surface area (Å²) in [6.45, 7) is 14.5. The van der Waals surface area contributed by atoms with Crippen molar-refractivity contribution in [3.63, 3.8) is 0 Å². The number of ether oxygens (including phenoxy) is 2. The van der Waals surface area contributed by atoms with Gasteiger partial charge in [-0.1, -0.05) is 13.8 Å². The number of H-pyrrole nitrogens is 1. The molecule has 3 aromatic heterocycles. The van der Waals surface area contributed by atoms with Crippen LogP contribution in [0.15, 0.2) is 21.9 Å². The summed E-state index contributed by atoms with van der Waals surface area (Å²) in [5.74, 6) is 0.862. The standard InChI is InChI=1S/C27H34N6O5/c1-14(2)19-20(15(3)8-9-28-19)33-23-18-21(16(4)24(34)29-23)37-13-17-12-31(26(36)38-27(5,6)7)10-11-32(17)22(18)30-25(33)35/h8-9,14,17H,10-13H2,1-7H3,(H,29,34)/t17-/m1/s1. The van der Waals surface area contributed by atoms with E-state index in [-0.39, 0.29) is 24.1 Å². The number of hydrogen-bond donors (Lipinski definition) is 1. The summed E-state index contributed by atoms with van der Waals surface area (Å²) in [4.78, 5) is 55.3. The molecule has 0 bridgehead atoms. The van der Waals surface area contributed by atoms with Gasteiger partial charge in [0.2, 0.25) is 0 Å². The maximum absolute atomic E-state index is 13.7. The molecule has 202 valence electrons. The minimum absolute atomic E-state index is 0.0282. The summed E-state index contributed by atoms with van der Waals surface area (Å²) in [6, 6.07) is 1.55. The number of aromatic amines is 1. The van der Waals surface area contributed by atoms with Crippen molar-refractivity contribution >= 4 is 22.9 Å². The smallest absolute Gasteiger partial charge is 0.410 e. The normalized spacial score (nSPS) is 17.3. The highest BCUT2D eigenvalue weighted by Crippen LogP contribution is 2.38. The third kappa shape index (κ3) is 4.29. The lowest BCUT2D eigenvalue weighted by molar-refractivity contribution is 0.0202. The molecule has 1 fully saturated rings. The molecule has 38 heavy (non-hydrogen) atoms.